The highest BCUT2D eigenvalue weighted by atomic mass is 28.4. The molecule has 1 rings (SSSR count). The Morgan fingerprint density at radius 2 is 1.03 bits per heavy atom. The van der Waals surface area contributed by atoms with Crippen LogP contribution in [0.1, 0.15) is 51.0 Å². The van der Waals surface area contributed by atoms with Gasteiger partial charge in [0.1, 0.15) is 12.4 Å². The van der Waals surface area contributed by atoms with Gasteiger partial charge in [0.2, 0.25) is 0 Å². The normalized spacial score (nSPS) is 11.8. The van der Waals surface area contributed by atoms with Crippen LogP contribution in [0.2, 0.25) is 19.6 Å². The van der Waals surface area contributed by atoms with E-state index in [4.69, 9.17) is 28.1 Å². The fourth-order valence-electron chi connectivity index (χ4n) is 3.25. The quantitative estimate of drug-likeness (QED) is 0.131. The fourth-order valence-corrected chi connectivity index (χ4v) is 3.94. The average Bonchev–Trinajstić information content (AvgIpc) is 2.81. The highest BCUT2D eigenvalue weighted by molar-refractivity contribution is 6.69. The van der Waals surface area contributed by atoms with Crippen molar-refractivity contribution in [2.45, 2.75) is 71.5 Å². The van der Waals surface area contributed by atoms with Crippen LogP contribution in [-0.4, -0.2) is 74.4 Å². The van der Waals surface area contributed by atoms with Crippen LogP contribution in [0, 0.1) is 0 Å². The van der Waals surface area contributed by atoms with E-state index in [9.17, 15) is 0 Å². The van der Waals surface area contributed by atoms with Gasteiger partial charge in [0.15, 0.2) is 8.32 Å². The lowest BCUT2D eigenvalue weighted by Gasteiger charge is -2.16. The second kappa shape index (κ2) is 21.3. The molecule has 0 aliphatic rings. The molecular formula is C27H50O6Si. The van der Waals surface area contributed by atoms with Crippen LogP contribution in [0.15, 0.2) is 24.3 Å². The first-order valence-corrected chi connectivity index (χ1v) is 16.6. The van der Waals surface area contributed by atoms with Crippen molar-refractivity contribution in [2.24, 2.45) is 0 Å². The number of benzene rings is 1. The number of hydrogen-bond donors (Lipinski definition) is 0. The van der Waals surface area contributed by atoms with E-state index >= 15 is 0 Å². The monoisotopic (exact) mass is 498 g/mol. The van der Waals surface area contributed by atoms with Crippen LogP contribution in [0.5, 0.6) is 5.75 Å². The minimum absolute atomic E-state index is 0.545. The van der Waals surface area contributed by atoms with Gasteiger partial charge in [-0.2, -0.15) is 0 Å². The van der Waals surface area contributed by atoms with E-state index in [1.807, 2.05) is 0 Å². The summed E-state index contributed by atoms with van der Waals surface area (Å²) in [6.07, 6.45) is 9.16. The summed E-state index contributed by atoms with van der Waals surface area (Å²) in [6.45, 7) is 14.5. The number of hydrogen-bond acceptors (Lipinski definition) is 6. The molecule has 0 saturated heterocycles. The van der Waals surface area contributed by atoms with E-state index in [-0.39, 0.29) is 0 Å². The Morgan fingerprint density at radius 1 is 0.559 bits per heavy atom. The largest absolute Gasteiger partial charge is 0.491 e. The maximum absolute atomic E-state index is 5.75. The van der Waals surface area contributed by atoms with Crippen LogP contribution in [0.25, 0.3) is 0 Å². The Bertz CT molecular complexity index is 561. The predicted molar refractivity (Wildman–Crippen MR) is 142 cm³/mol. The average molecular weight is 499 g/mol. The summed E-state index contributed by atoms with van der Waals surface area (Å²) in [5.74, 6) is 0.899. The van der Waals surface area contributed by atoms with E-state index in [1.54, 1.807) is 0 Å². The third kappa shape index (κ3) is 20.4. The zero-order valence-electron chi connectivity index (χ0n) is 22.3. The van der Waals surface area contributed by atoms with Gasteiger partial charge in [-0.3, -0.25) is 0 Å². The molecule has 0 atom stereocenters. The van der Waals surface area contributed by atoms with Crippen molar-refractivity contribution in [1.82, 2.24) is 0 Å². The van der Waals surface area contributed by atoms with Crippen LogP contribution in [-0.2, 0) is 29.8 Å². The minimum atomic E-state index is -1.43. The first-order valence-electron chi connectivity index (χ1n) is 13.2. The molecule has 1 aromatic rings. The maximum atomic E-state index is 5.75. The van der Waals surface area contributed by atoms with Gasteiger partial charge in [-0.05, 0) is 50.2 Å². The SMILES string of the molecule is CCCCCCCCc1ccc(OCCOCCOCCOCCOCCO[Si](C)(C)C)cc1. The molecule has 7 heteroatoms. The second-order valence-electron chi connectivity index (χ2n) is 9.42. The van der Waals surface area contributed by atoms with Gasteiger partial charge >= 0.3 is 0 Å². The molecule has 198 valence electrons. The summed E-state index contributed by atoms with van der Waals surface area (Å²) in [6, 6.07) is 8.46. The molecule has 0 spiro atoms. The summed E-state index contributed by atoms with van der Waals surface area (Å²) in [4.78, 5) is 0. The molecule has 0 amide bonds. The smallest absolute Gasteiger partial charge is 0.183 e. The van der Waals surface area contributed by atoms with Crippen molar-refractivity contribution >= 4 is 8.32 Å². The minimum Gasteiger partial charge on any atom is -0.491 e. The summed E-state index contributed by atoms with van der Waals surface area (Å²) < 4.78 is 33.5. The van der Waals surface area contributed by atoms with E-state index in [0.29, 0.717) is 66.1 Å². The lowest BCUT2D eigenvalue weighted by Crippen LogP contribution is -2.27. The van der Waals surface area contributed by atoms with Crippen molar-refractivity contribution < 1.29 is 28.1 Å². The Kier molecular flexibility index (Phi) is 19.5. The summed E-state index contributed by atoms with van der Waals surface area (Å²) >= 11 is 0. The highest BCUT2D eigenvalue weighted by Crippen LogP contribution is 2.15. The predicted octanol–water partition coefficient (Wildman–Crippen LogP) is 5.89. The molecule has 0 heterocycles. The van der Waals surface area contributed by atoms with Gasteiger partial charge in [-0.15, -0.1) is 0 Å². The molecule has 0 bridgehead atoms. The Balaban J connectivity index is 1.83. The molecule has 0 aromatic heterocycles. The van der Waals surface area contributed by atoms with Gasteiger partial charge in [0.05, 0.1) is 59.5 Å². The zero-order chi connectivity index (χ0) is 24.7. The topological polar surface area (TPSA) is 55.4 Å². The molecule has 0 unspecified atom stereocenters. The van der Waals surface area contributed by atoms with Crippen LogP contribution in [0.4, 0.5) is 0 Å². The summed E-state index contributed by atoms with van der Waals surface area (Å²) in [7, 11) is -1.43. The highest BCUT2D eigenvalue weighted by Gasteiger charge is 2.13. The molecule has 0 N–H and O–H groups in total. The van der Waals surface area contributed by atoms with E-state index < -0.39 is 8.32 Å². The van der Waals surface area contributed by atoms with Crippen molar-refractivity contribution in [3.05, 3.63) is 29.8 Å². The number of unbranched alkanes of at least 4 members (excludes halogenated alkanes) is 5. The third-order valence-electron chi connectivity index (χ3n) is 5.12. The lowest BCUT2D eigenvalue weighted by molar-refractivity contribution is -0.00721. The summed E-state index contributed by atoms with van der Waals surface area (Å²) in [5.41, 5.74) is 1.39. The lowest BCUT2D eigenvalue weighted by atomic mass is 10.0. The number of aryl methyl sites for hydroxylation is 1. The van der Waals surface area contributed by atoms with Gasteiger partial charge in [0.25, 0.3) is 0 Å². The molecule has 0 saturated carbocycles. The second-order valence-corrected chi connectivity index (χ2v) is 13.9. The van der Waals surface area contributed by atoms with Crippen molar-refractivity contribution in [3.63, 3.8) is 0 Å². The first kappa shape index (κ1) is 31.1. The molecule has 0 radical (unpaired) electrons. The Morgan fingerprint density at radius 3 is 1.56 bits per heavy atom. The van der Waals surface area contributed by atoms with Crippen molar-refractivity contribution in [2.75, 3.05) is 66.1 Å². The van der Waals surface area contributed by atoms with Crippen molar-refractivity contribution in [1.29, 1.82) is 0 Å². The maximum Gasteiger partial charge on any atom is 0.183 e. The molecule has 0 fully saturated rings. The molecule has 1 aromatic carbocycles. The van der Waals surface area contributed by atoms with E-state index in [1.165, 1.54) is 44.1 Å². The zero-order valence-corrected chi connectivity index (χ0v) is 23.3. The van der Waals surface area contributed by atoms with E-state index in [0.717, 1.165) is 12.2 Å². The van der Waals surface area contributed by atoms with Gasteiger partial charge in [0, 0.05) is 0 Å². The van der Waals surface area contributed by atoms with Gasteiger partial charge in [-0.1, -0.05) is 51.2 Å². The van der Waals surface area contributed by atoms with Crippen LogP contribution >= 0.6 is 0 Å². The van der Waals surface area contributed by atoms with Gasteiger partial charge < -0.3 is 28.1 Å². The molecule has 34 heavy (non-hydrogen) atoms. The number of rotatable bonds is 24. The van der Waals surface area contributed by atoms with Crippen LogP contribution in [0.3, 0.4) is 0 Å². The number of ether oxygens (including phenoxy) is 5. The van der Waals surface area contributed by atoms with E-state index in [2.05, 4.69) is 50.8 Å². The van der Waals surface area contributed by atoms with Crippen molar-refractivity contribution in [3.8, 4) is 5.75 Å². The molecule has 0 aliphatic heterocycles. The Hall–Kier alpha value is -0.963. The molecule has 0 aliphatic carbocycles. The third-order valence-corrected chi connectivity index (χ3v) is 6.19. The van der Waals surface area contributed by atoms with Crippen LogP contribution < -0.4 is 4.74 Å². The Labute approximate surface area is 209 Å². The molecule has 6 nitrogen and oxygen atoms in total. The standard InChI is InChI=1S/C27H50O6Si/c1-5-6-7-8-9-10-11-26-12-14-27(15-13-26)32-24-22-30-20-18-28-16-17-29-19-21-31-23-25-33-34(2,3)4/h12-15H,5-11,16-25H2,1-4H3. The summed E-state index contributed by atoms with van der Waals surface area (Å²) in [5, 5.41) is 0. The fraction of sp³-hybridized carbons (Fsp3) is 0.778. The molecular weight excluding hydrogens is 448 g/mol. The van der Waals surface area contributed by atoms with Gasteiger partial charge in [-0.25, -0.2) is 0 Å². The first-order chi connectivity index (χ1) is 16.5.